The Bertz CT molecular complexity index is 739. The van der Waals surface area contributed by atoms with Gasteiger partial charge in [0.2, 0.25) is 0 Å². The Kier molecular flexibility index (Phi) is 5.32. The lowest BCUT2D eigenvalue weighted by Gasteiger charge is -2.45. The van der Waals surface area contributed by atoms with Crippen LogP contribution in [0.4, 0.5) is 0 Å². The second kappa shape index (κ2) is 7.50. The minimum absolute atomic E-state index is 0.139. The van der Waals surface area contributed by atoms with Crippen molar-refractivity contribution in [3.63, 3.8) is 0 Å². The van der Waals surface area contributed by atoms with E-state index in [-0.39, 0.29) is 18.1 Å². The molecule has 0 radical (unpaired) electrons. The quantitative estimate of drug-likeness (QED) is 0.775. The summed E-state index contributed by atoms with van der Waals surface area (Å²) < 4.78 is 10.3. The van der Waals surface area contributed by atoms with Crippen LogP contribution in [-0.2, 0) is 16.1 Å². The van der Waals surface area contributed by atoms with Crippen molar-refractivity contribution in [1.82, 2.24) is 9.80 Å². The molecule has 1 aromatic rings. The number of methoxy groups -OCH3 is 2. The molecule has 0 unspecified atom stereocenters. The van der Waals surface area contributed by atoms with Crippen molar-refractivity contribution < 1.29 is 14.3 Å². The highest BCUT2D eigenvalue weighted by Gasteiger charge is 2.39. The minimum Gasteiger partial charge on any atom is -0.497 e. The minimum atomic E-state index is -0.367. The molecular weight excluding hydrogens is 330 g/mol. The first-order chi connectivity index (χ1) is 12.4. The number of hydrogen-bond acceptors (Lipinski definition) is 6. The van der Waals surface area contributed by atoms with E-state index in [2.05, 4.69) is 40.8 Å². The number of amidine groups is 1. The molecule has 2 atom stereocenters. The van der Waals surface area contributed by atoms with Crippen LogP contribution in [0, 0.1) is 0 Å². The van der Waals surface area contributed by atoms with Gasteiger partial charge in [-0.3, -0.25) is 9.89 Å². The zero-order valence-corrected chi connectivity index (χ0v) is 16.2. The third-order valence-corrected chi connectivity index (χ3v) is 5.26. The second-order valence-electron chi connectivity index (χ2n) is 6.91. The number of ether oxygens (including phenoxy) is 2. The standard InChI is InChI=1S/C20H27N3O3/c1-13-14(2)21-15(3)23-18(13)11-22(12-19(23)20(24)26-5)10-16-6-8-17(25-4)9-7-16/h6-9,14,19H,10-12H2,1-5H3/t14-,19+/m0/s1. The van der Waals surface area contributed by atoms with E-state index in [1.54, 1.807) is 7.11 Å². The average Bonchev–Trinajstić information content (AvgIpc) is 2.65. The first kappa shape index (κ1) is 18.5. The van der Waals surface area contributed by atoms with Gasteiger partial charge >= 0.3 is 5.97 Å². The van der Waals surface area contributed by atoms with Gasteiger partial charge in [-0.1, -0.05) is 12.1 Å². The summed E-state index contributed by atoms with van der Waals surface area (Å²) in [5, 5.41) is 0. The van der Waals surface area contributed by atoms with Crippen molar-refractivity contribution in [2.75, 3.05) is 27.3 Å². The molecular formula is C20H27N3O3. The smallest absolute Gasteiger partial charge is 0.330 e. The molecule has 0 aliphatic carbocycles. The molecule has 0 aromatic heterocycles. The highest BCUT2D eigenvalue weighted by Crippen LogP contribution is 2.30. The van der Waals surface area contributed by atoms with E-state index >= 15 is 0 Å². The number of piperazine rings is 1. The van der Waals surface area contributed by atoms with Gasteiger partial charge in [-0.15, -0.1) is 0 Å². The third-order valence-electron chi connectivity index (χ3n) is 5.26. The number of hydrogen-bond donors (Lipinski definition) is 0. The van der Waals surface area contributed by atoms with Crippen LogP contribution < -0.4 is 4.74 Å². The Morgan fingerprint density at radius 3 is 2.54 bits per heavy atom. The zero-order valence-electron chi connectivity index (χ0n) is 16.2. The van der Waals surface area contributed by atoms with Crippen LogP contribution in [0.25, 0.3) is 0 Å². The summed E-state index contributed by atoms with van der Waals surface area (Å²) >= 11 is 0. The first-order valence-corrected chi connectivity index (χ1v) is 8.91. The van der Waals surface area contributed by atoms with Crippen LogP contribution in [-0.4, -0.2) is 61.0 Å². The molecule has 0 spiro atoms. The van der Waals surface area contributed by atoms with Crippen molar-refractivity contribution in [2.24, 2.45) is 4.99 Å². The van der Waals surface area contributed by atoms with Crippen LogP contribution in [0.1, 0.15) is 26.3 Å². The molecule has 1 fully saturated rings. The number of carbonyl (C=O) groups excluding carboxylic acids is 1. The Morgan fingerprint density at radius 2 is 1.92 bits per heavy atom. The van der Waals surface area contributed by atoms with Crippen LogP contribution >= 0.6 is 0 Å². The maximum atomic E-state index is 12.5. The van der Waals surface area contributed by atoms with Crippen LogP contribution in [0.2, 0.25) is 0 Å². The lowest BCUT2D eigenvalue weighted by molar-refractivity contribution is -0.146. The van der Waals surface area contributed by atoms with E-state index < -0.39 is 0 Å². The van der Waals surface area contributed by atoms with Crippen molar-refractivity contribution in [3.05, 3.63) is 41.1 Å². The maximum Gasteiger partial charge on any atom is 0.330 e. The van der Waals surface area contributed by atoms with Crippen molar-refractivity contribution in [3.8, 4) is 5.75 Å². The van der Waals surface area contributed by atoms with Gasteiger partial charge in [-0.2, -0.15) is 0 Å². The highest BCUT2D eigenvalue weighted by molar-refractivity contribution is 5.89. The van der Waals surface area contributed by atoms with Crippen molar-refractivity contribution in [1.29, 1.82) is 0 Å². The normalized spacial score (nSPS) is 23.4. The topological polar surface area (TPSA) is 54.4 Å². The molecule has 0 N–H and O–H groups in total. The van der Waals surface area contributed by atoms with E-state index in [1.165, 1.54) is 23.9 Å². The van der Waals surface area contributed by atoms with Gasteiger partial charge < -0.3 is 14.4 Å². The van der Waals surface area contributed by atoms with Crippen molar-refractivity contribution in [2.45, 2.75) is 39.4 Å². The van der Waals surface area contributed by atoms with Crippen molar-refractivity contribution >= 4 is 11.8 Å². The lowest BCUT2D eigenvalue weighted by atomic mass is 9.99. The predicted molar refractivity (Wildman–Crippen MR) is 101 cm³/mol. The maximum absolute atomic E-state index is 12.5. The van der Waals surface area contributed by atoms with Gasteiger partial charge in [-0.25, -0.2) is 4.79 Å². The van der Waals surface area contributed by atoms with E-state index in [9.17, 15) is 4.79 Å². The average molecular weight is 357 g/mol. The Hall–Kier alpha value is -2.34. The second-order valence-corrected chi connectivity index (χ2v) is 6.91. The summed E-state index contributed by atoms with van der Waals surface area (Å²) in [6, 6.07) is 7.83. The molecule has 140 valence electrons. The summed E-state index contributed by atoms with van der Waals surface area (Å²) in [5.41, 5.74) is 3.57. The third kappa shape index (κ3) is 3.46. The van der Waals surface area contributed by atoms with Gasteiger partial charge in [0.25, 0.3) is 0 Å². The van der Waals surface area contributed by atoms with Gasteiger partial charge in [0.05, 0.1) is 20.3 Å². The molecule has 2 heterocycles. The summed E-state index contributed by atoms with van der Waals surface area (Å²) in [5.74, 6) is 1.51. The van der Waals surface area contributed by atoms with E-state index in [1.807, 2.05) is 19.1 Å². The largest absolute Gasteiger partial charge is 0.497 e. The summed E-state index contributed by atoms with van der Waals surface area (Å²) in [6.45, 7) is 8.34. The molecule has 6 nitrogen and oxygen atoms in total. The van der Waals surface area contributed by atoms with Gasteiger partial charge in [0.15, 0.2) is 0 Å². The Morgan fingerprint density at radius 1 is 1.23 bits per heavy atom. The highest BCUT2D eigenvalue weighted by atomic mass is 16.5. The number of rotatable bonds is 4. The molecule has 2 aliphatic rings. The Balaban J connectivity index is 1.87. The lowest BCUT2D eigenvalue weighted by Crippen LogP contribution is -2.58. The molecule has 2 aliphatic heterocycles. The number of carbonyl (C=O) groups is 1. The molecule has 1 saturated heterocycles. The monoisotopic (exact) mass is 357 g/mol. The number of benzene rings is 1. The fourth-order valence-corrected chi connectivity index (χ4v) is 3.71. The summed E-state index contributed by atoms with van der Waals surface area (Å²) in [4.78, 5) is 21.5. The number of fused-ring (bicyclic) bond motifs is 1. The summed E-state index contributed by atoms with van der Waals surface area (Å²) in [7, 11) is 3.11. The first-order valence-electron chi connectivity index (χ1n) is 8.91. The predicted octanol–water partition coefficient (Wildman–Crippen LogP) is 2.45. The van der Waals surface area contributed by atoms with Crippen LogP contribution in [0.5, 0.6) is 5.75 Å². The fourth-order valence-electron chi connectivity index (χ4n) is 3.71. The number of nitrogens with zero attached hydrogens (tertiary/aromatic N) is 3. The number of aliphatic imine (C=N–C) groups is 1. The van der Waals surface area contributed by atoms with Crippen LogP contribution in [0.15, 0.2) is 40.5 Å². The molecule has 1 aromatic carbocycles. The zero-order chi connectivity index (χ0) is 18.8. The van der Waals surface area contributed by atoms with Gasteiger partial charge in [0, 0.05) is 25.3 Å². The van der Waals surface area contributed by atoms with E-state index in [4.69, 9.17) is 9.47 Å². The molecule has 0 bridgehead atoms. The van der Waals surface area contributed by atoms with E-state index in [0.29, 0.717) is 6.54 Å². The molecule has 26 heavy (non-hydrogen) atoms. The molecule has 3 rings (SSSR count). The fraction of sp³-hybridized carbons (Fsp3) is 0.500. The number of esters is 1. The SMILES string of the molecule is COC(=O)[C@H]1CN(Cc2ccc(OC)cc2)CC2=C(C)[C@H](C)N=C(C)N21. The van der Waals surface area contributed by atoms with E-state index in [0.717, 1.165) is 24.7 Å². The Labute approximate surface area is 155 Å². The van der Waals surface area contributed by atoms with Gasteiger partial charge in [0.1, 0.15) is 17.6 Å². The summed E-state index contributed by atoms with van der Waals surface area (Å²) in [6.07, 6.45) is 0. The van der Waals surface area contributed by atoms with Crippen LogP contribution in [0.3, 0.4) is 0 Å². The van der Waals surface area contributed by atoms with Gasteiger partial charge in [-0.05, 0) is 44.0 Å². The molecule has 0 amide bonds. The molecule has 0 saturated carbocycles. The molecule has 6 heteroatoms.